The molecule has 1 saturated heterocycles. The Kier molecular flexibility index (Phi) is 8.01. The predicted molar refractivity (Wildman–Crippen MR) is 142 cm³/mol. The zero-order valence-electron chi connectivity index (χ0n) is 22.9. The van der Waals surface area contributed by atoms with Crippen LogP contribution in [-0.4, -0.2) is 84.5 Å². The number of phenols is 2. The van der Waals surface area contributed by atoms with Gasteiger partial charge in [-0.15, -0.1) is 0 Å². The molecule has 15 nitrogen and oxygen atoms in total. The van der Waals surface area contributed by atoms with Crippen LogP contribution in [0.5, 0.6) is 17.2 Å². The number of hydrogen-bond donors (Lipinski definition) is 7. The number of aliphatic hydroxyl groups excluding tert-OH is 1. The van der Waals surface area contributed by atoms with Crippen LogP contribution in [-0.2, 0) is 29.8 Å². The average Bonchev–Trinajstić information content (AvgIpc) is 2.91. The lowest BCUT2D eigenvalue weighted by atomic mass is 9.72. The van der Waals surface area contributed by atoms with Crippen LogP contribution in [0.3, 0.4) is 0 Å². The topological polar surface area (TPSA) is 253 Å². The van der Waals surface area contributed by atoms with Gasteiger partial charge < -0.3 is 50.2 Å². The number of ketones is 3. The number of rotatable bonds is 7. The van der Waals surface area contributed by atoms with Crippen LogP contribution in [0.15, 0.2) is 18.2 Å². The minimum atomic E-state index is -4.93. The van der Waals surface area contributed by atoms with Crippen molar-refractivity contribution in [2.45, 2.75) is 69.4 Å². The van der Waals surface area contributed by atoms with E-state index in [0.717, 1.165) is 6.92 Å². The fraction of sp³-hybridized carbons (Fsp3) is 0.444. The van der Waals surface area contributed by atoms with Crippen molar-refractivity contribution in [1.82, 2.24) is 0 Å². The molecule has 1 fully saturated rings. The maximum atomic E-state index is 13.8. The van der Waals surface area contributed by atoms with E-state index < -0.39 is 104 Å². The van der Waals surface area contributed by atoms with Crippen molar-refractivity contribution in [2.24, 2.45) is 5.73 Å². The largest absolute Gasteiger partial charge is 0.507 e. The fourth-order valence-corrected chi connectivity index (χ4v) is 5.96. The van der Waals surface area contributed by atoms with Crippen LogP contribution in [0.1, 0.15) is 75.8 Å². The Hall–Kier alpha value is -3.24. The molecule has 2 aromatic carbocycles. The molecule has 43 heavy (non-hydrogen) atoms. The molecular formula is C27H30NO14P. The molecular weight excluding hydrogens is 593 g/mol. The van der Waals surface area contributed by atoms with Gasteiger partial charge in [0.2, 0.25) is 5.78 Å². The number of carbonyl (C=O) groups is 3. The first-order valence-electron chi connectivity index (χ1n) is 13.2. The lowest BCUT2D eigenvalue weighted by Crippen LogP contribution is -2.52. The van der Waals surface area contributed by atoms with Gasteiger partial charge in [-0.1, -0.05) is 12.1 Å². The number of phosphoric ester groups is 1. The number of phenolic OH excluding ortho intramolecular Hbond substituents is 2. The first kappa shape index (κ1) is 31.2. The molecule has 8 N–H and O–H groups in total. The van der Waals surface area contributed by atoms with Gasteiger partial charge >= 0.3 is 7.82 Å². The zero-order valence-corrected chi connectivity index (χ0v) is 23.8. The number of fused-ring (bicyclic) bond motifs is 3. The summed E-state index contributed by atoms with van der Waals surface area (Å²) < 4.78 is 32.3. The number of phosphoric acid groups is 1. The van der Waals surface area contributed by atoms with Crippen LogP contribution in [0, 0.1) is 0 Å². The lowest BCUT2D eigenvalue weighted by Gasteiger charge is -2.42. The van der Waals surface area contributed by atoms with E-state index in [-0.39, 0.29) is 34.4 Å². The number of benzene rings is 2. The molecule has 3 aliphatic rings. The predicted octanol–water partition coefficient (Wildman–Crippen LogP) is 0.466. The number of ether oxygens (including phenoxy) is 3. The van der Waals surface area contributed by atoms with E-state index in [1.54, 1.807) is 6.92 Å². The second-order valence-corrected chi connectivity index (χ2v) is 12.1. The highest BCUT2D eigenvalue weighted by atomic mass is 31.2. The molecule has 0 amide bonds. The Bertz CT molecular complexity index is 1560. The SMILES string of the molecule is CC(=O)[C@]1(O)Cc2c(O)c3c(c(O)c2[C@@H](OC2CC(N)C(O)C(C)O2)C1)C(=O)c1c(OCOP(=O)(O)O)cccc1C3=O. The van der Waals surface area contributed by atoms with Crippen molar-refractivity contribution >= 4 is 25.2 Å². The summed E-state index contributed by atoms with van der Waals surface area (Å²) in [6.07, 6.45) is -5.11. The standard InChI is InChI=1S/C27H30NO14P/c1-10-22(30)14(28)6-17(41-10)42-16-8-27(35,11(2)29)7-13-19(16)26(34)21-20(24(13)32)23(31)12-4-3-5-15(18(12)25(21)33)39-9-40-43(36,37)38/h3-5,10,14,16-17,22,30,32,34-35H,6-9,28H2,1-2H3,(H2,36,37,38)/t10?,14?,16-,17?,22?,27-/m0/s1. The van der Waals surface area contributed by atoms with Crippen LogP contribution < -0.4 is 10.5 Å². The highest BCUT2D eigenvalue weighted by molar-refractivity contribution is 7.46. The van der Waals surface area contributed by atoms with E-state index in [2.05, 4.69) is 4.52 Å². The third-order valence-corrected chi connectivity index (χ3v) is 8.46. The van der Waals surface area contributed by atoms with Gasteiger partial charge in [0.15, 0.2) is 24.6 Å². The monoisotopic (exact) mass is 623 g/mol. The quantitative estimate of drug-likeness (QED) is 0.107. The van der Waals surface area contributed by atoms with Gasteiger partial charge in [0.1, 0.15) is 22.8 Å². The van der Waals surface area contributed by atoms with Gasteiger partial charge in [-0.25, -0.2) is 9.09 Å². The number of aliphatic hydroxyl groups is 2. The third-order valence-electron chi connectivity index (χ3n) is 8.01. The summed E-state index contributed by atoms with van der Waals surface area (Å²) in [6.45, 7) is 1.71. The molecule has 4 unspecified atom stereocenters. The van der Waals surface area contributed by atoms with E-state index in [1.165, 1.54) is 18.2 Å². The Labute approximate surface area is 244 Å². The van der Waals surface area contributed by atoms with Crippen molar-refractivity contribution in [3.8, 4) is 17.2 Å². The van der Waals surface area contributed by atoms with Crippen molar-refractivity contribution in [3.05, 3.63) is 51.6 Å². The minimum absolute atomic E-state index is 0.00427. The highest BCUT2D eigenvalue weighted by Crippen LogP contribution is 2.52. The number of aromatic hydroxyl groups is 2. The summed E-state index contributed by atoms with van der Waals surface area (Å²) in [7, 11) is -4.93. The fourth-order valence-electron chi connectivity index (χ4n) is 5.77. The number of Topliss-reactive ketones (excluding diaryl/α,β-unsaturated/α-hetero) is 1. The first-order valence-corrected chi connectivity index (χ1v) is 14.7. The number of nitrogens with two attached hydrogens (primary N) is 1. The summed E-state index contributed by atoms with van der Waals surface area (Å²) in [5.41, 5.74) is 1.79. The highest BCUT2D eigenvalue weighted by Gasteiger charge is 2.49. The molecule has 1 aliphatic heterocycles. The number of hydrogen-bond acceptors (Lipinski definition) is 13. The van der Waals surface area contributed by atoms with E-state index in [0.29, 0.717) is 0 Å². The maximum absolute atomic E-state index is 13.8. The molecule has 6 atom stereocenters. The molecule has 232 valence electrons. The molecule has 1 heterocycles. The first-order chi connectivity index (χ1) is 20.0. The van der Waals surface area contributed by atoms with Crippen molar-refractivity contribution in [1.29, 1.82) is 0 Å². The second kappa shape index (κ2) is 11.0. The Balaban J connectivity index is 1.62. The van der Waals surface area contributed by atoms with Gasteiger partial charge in [0.25, 0.3) is 0 Å². The summed E-state index contributed by atoms with van der Waals surface area (Å²) in [4.78, 5) is 57.9. The molecule has 0 bridgehead atoms. The van der Waals surface area contributed by atoms with E-state index >= 15 is 0 Å². The van der Waals surface area contributed by atoms with E-state index in [9.17, 15) is 39.4 Å². The Morgan fingerprint density at radius 3 is 2.44 bits per heavy atom. The second-order valence-electron chi connectivity index (χ2n) is 10.8. The maximum Gasteiger partial charge on any atom is 0.472 e. The van der Waals surface area contributed by atoms with Crippen LogP contribution >= 0.6 is 7.82 Å². The smallest absolute Gasteiger partial charge is 0.472 e. The van der Waals surface area contributed by atoms with Gasteiger partial charge in [0, 0.05) is 42.0 Å². The summed E-state index contributed by atoms with van der Waals surface area (Å²) in [6, 6.07) is 3.06. The molecule has 5 rings (SSSR count). The zero-order chi connectivity index (χ0) is 31.6. The van der Waals surface area contributed by atoms with Crippen molar-refractivity contribution in [3.63, 3.8) is 0 Å². The van der Waals surface area contributed by atoms with Crippen molar-refractivity contribution < 1.29 is 67.9 Å². The summed E-state index contributed by atoms with van der Waals surface area (Å²) in [5.74, 6) is -4.34. The molecule has 0 saturated carbocycles. The number of carbonyl (C=O) groups excluding carboxylic acids is 3. The molecule has 0 aromatic heterocycles. The summed E-state index contributed by atoms with van der Waals surface area (Å²) in [5, 5.41) is 44.3. The van der Waals surface area contributed by atoms with Gasteiger partial charge in [-0.05, 0) is 19.9 Å². The van der Waals surface area contributed by atoms with Crippen LogP contribution in [0.25, 0.3) is 0 Å². The van der Waals surface area contributed by atoms with Crippen molar-refractivity contribution in [2.75, 3.05) is 6.79 Å². The van der Waals surface area contributed by atoms with Crippen LogP contribution in [0.2, 0.25) is 0 Å². The van der Waals surface area contributed by atoms with Gasteiger partial charge in [-0.3, -0.25) is 14.4 Å². The van der Waals surface area contributed by atoms with Gasteiger partial charge in [-0.2, -0.15) is 0 Å². The van der Waals surface area contributed by atoms with Crippen LogP contribution in [0.4, 0.5) is 0 Å². The lowest BCUT2D eigenvalue weighted by molar-refractivity contribution is -0.247. The summed E-state index contributed by atoms with van der Waals surface area (Å²) >= 11 is 0. The third kappa shape index (κ3) is 5.48. The van der Waals surface area contributed by atoms with E-state index in [4.69, 9.17) is 29.7 Å². The minimum Gasteiger partial charge on any atom is -0.507 e. The normalized spacial score (nSPS) is 28.6. The molecule has 0 radical (unpaired) electrons. The molecule has 2 aromatic rings. The molecule has 0 spiro atoms. The average molecular weight is 624 g/mol. The van der Waals surface area contributed by atoms with E-state index in [1.807, 2.05) is 0 Å². The molecule has 16 heteroatoms. The van der Waals surface area contributed by atoms with Gasteiger partial charge in [0.05, 0.1) is 35.0 Å². The Morgan fingerprint density at radius 2 is 1.81 bits per heavy atom. The molecule has 2 aliphatic carbocycles. The Morgan fingerprint density at radius 1 is 1.14 bits per heavy atom.